The SMILES string of the molecule is CC(C)CO.[Cl-].[Mg+2]. The number of hydrogen-bond donors (Lipinski definition) is 1. The van der Waals surface area contributed by atoms with E-state index in [4.69, 9.17) is 5.11 Å². The van der Waals surface area contributed by atoms with E-state index in [-0.39, 0.29) is 35.5 Å². The molecule has 0 aromatic heterocycles. The molecule has 0 aromatic rings. The van der Waals surface area contributed by atoms with Gasteiger partial charge >= 0.3 is 23.1 Å². The summed E-state index contributed by atoms with van der Waals surface area (Å²) in [7, 11) is 0. The Labute approximate surface area is 67.1 Å². The largest absolute Gasteiger partial charge is 2.00 e. The smallest absolute Gasteiger partial charge is 1.00 e. The third kappa shape index (κ3) is 19.4. The van der Waals surface area contributed by atoms with Gasteiger partial charge in [0.1, 0.15) is 0 Å². The van der Waals surface area contributed by atoms with Crippen molar-refractivity contribution >= 4 is 23.1 Å². The van der Waals surface area contributed by atoms with Crippen molar-refractivity contribution in [3.05, 3.63) is 0 Å². The molecule has 0 aliphatic rings. The molecule has 0 aliphatic heterocycles. The summed E-state index contributed by atoms with van der Waals surface area (Å²) in [5.74, 6) is 0.440. The van der Waals surface area contributed by atoms with Gasteiger partial charge in [-0.2, -0.15) is 0 Å². The minimum Gasteiger partial charge on any atom is -1.00 e. The van der Waals surface area contributed by atoms with Gasteiger partial charge in [-0.3, -0.25) is 0 Å². The van der Waals surface area contributed by atoms with Crippen LogP contribution >= 0.6 is 0 Å². The van der Waals surface area contributed by atoms with Gasteiger partial charge in [0.25, 0.3) is 0 Å². The first kappa shape index (κ1) is 15.7. The number of halogens is 1. The number of hydrogen-bond acceptors (Lipinski definition) is 1. The molecule has 7 heavy (non-hydrogen) atoms. The van der Waals surface area contributed by atoms with Crippen molar-refractivity contribution in [2.75, 3.05) is 6.61 Å². The number of aliphatic hydroxyl groups excluding tert-OH is 1. The molecular formula is C4H10ClMgO+. The molecule has 0 aromatic carbocycles. The van der Waals surface area contributed by atoms with Crippen LogP contribution in [-0.2, 0) is 0 Å². The zero-order valence-corrected chi connectivity index (χ0v) is 6.99. The van der Waals surface area contributed by atoms with E-state index in [1.54, 1.807) is 0 Å². The normalized spacial score (nSPS) is 6.86. The van der Waals surface area contributed by atoms with E-state index >= 15 is 0 Å². The molecule has 0 amide bonds. The molecule has 0 unspecified atom stereocenters. The van der Waals surface area contributed by atoms with E-state index in [9.17, 15) is 0 Å². The van der Waals surface area contributed by atoms with Gasteiger partial charge in [0.15, 0.2) is 0 Å². The monoisotopic (exact) mass is 133 g/mol. The van der Waals surface area contributed by atoms with Crippen LogP contribution in [0.3, 0.4) is 0 Å². The fourth-order valence-electron chi connectivity index (χ4n) is 0. The van der Waals surface area contributed by atoms with Crippen LogP contribution in [0.2, 0.25) is 0 Å². The summed E-state index contributed by atoms with van der Waals surface area (Å²) in [6.07, 6.45) is 0. The first-order chi connectivity index (χ1) is 2.27. The molecule has 0 radical (unpaired) electrons. The summed E-state index contributed by atoms with van der Waals surface area (Å²) >= 11 is 0. The summed E-state index contributed by atoms with van der Waals surface area (Å²) < 4.78 is 0. The summed E-state index contributed by atoms with van der Waals surface area (Å²) in [5.41, 5.74) is 0. The van der Waals surface area contributed by atoms with E-state index < -0.39 is 0 Å². The molecule has 0 rings (SSSR count). The van der Waals surface area contributed by atoms with Crippen molar-refractivity contribution in [3.8, 4) is 0 Å². The van der Waals surface area contributed by atoms with Crippen molar-refractivity contribution in [2.24, 2.45) is 5.92 Å². The predicted molar refractivity (Wildman–Crippen MR) is 27.7 cm³/mol. The van der Waals surface area contributed by atoms with Crippen molar-refractivity contribution in [1.82, 2.24) is 0 Å². The van der Waals surface area contributed by atoms with Gasteiger partial charge in [0, 0.05) is 6.61 Å². The van der Waals surface area contributed by atoms with Gasteiger partial charge in [-0.15, -0.1) is 0 Å². The fraction of sp³-hybridized carbons (Fsp3) is 1.00. The van der Waals surface area contributed by atoms with Gasteiger partial charge in [-0.05, 0) is 5.92 Å². The van der Waals surface area contributed by atoms with Crippen LogP contribution < -0.4 is 12.4 Å². The van der Waals surface area contributed by atoms with E-state index in [0.717, 1.165) is 0 Å². The second kappa shape index (κ2) is 10.1. The average Bonchev–Trinajstić information content (AvgIpc) is 1.38. The summed E-state index contributed by atoms with van der Waals surface area (Å²) in [6, 6.07) is 0. The molecule has 0 aliphatic carbocycles. The van der Waals surface area contributed by atoms with E-state index in [1.807, 2.05) is 13.8 Å². The summed E-state index contributed by atoms with van der Waals surface area (Å²) in [6.45, 7) is 4.25. The van der Waals surface area contributed by atoms with Crippen molar-refractivity contribution in [3.63, 3.8) is 0 Å². The van der Waals surface area contributed by atoms with Crippen LogP contribution in [0.15, 0.2) is 0 Å². The van der Waals surface area contributed by atoms with Crippen molar-refractivity contribution in [2.45, 2.75) is 13.8 Å². The minimum absolute atomic E-state index is 0. The van der Waals surface area contributed by atoms with Gasteiger partial charge < -0.3 is 17.5 Å². The molecule has 40 valence electrons. The Morgan fingerprint density at radius 2 is 1.57 bits per heavy atom. The third-order valence-corrected chi connectivity index (χ3v) is 0.365. The van der Waals surface area contributed by atoms with Crippen LogP contribution in [0, 0.1) is 5.92 Å². The van der Waals surface area contributed by atoms with Crippen LogP contribution in [0.1, 0.15) is 13.8 Å². The Balaban J connectivity index is -0.0000000800. The predicted octanol–water partition coefficient (Wildman–Crippen LogP) is -2.74. The molecule has 0 heterocycles. The van der Waals surface area contributed by atoms with Crippen LogP contribution in [0.5, 0.6) is 0 Å². The van der Waals surface area contributed by atoms with Gasteiger partial charge in [-0.1, -0.05) is 13.8 Å². The molecule has 0 fully saturated rings. The fourth-order valence-corrected chi connectivity index (χ4v) is 0. The minimum atomic E-state index is 0. The Bertz CT molecular complexity index is 25.7. The van der Waals surface area contributed by atoms with Crippen LogP contribution in [0.25, 0.3) is 0 Å². The zero-order valence-electron chi connectivity index (χ0n) is 4.82. The topological polar surface area (TPSA) is 20.2 Å². The molecule has 1 N–H and O–H groups in total. The Morgan fingerprint density at radius 1 is 1.43 bits per heavy atom. The molecule has 3 heteroatoms. The molecule has 0 saturated carbocycles. The van der Waals surface area contributed by atoms with Crippen molar-refractivity contribution in [1.29, 1.82) is 0 Å². The van der Waals surface area contributed by atoms with Crippen molar-refractivity contribution < 1.29 is 17.5 Å². The number of aliphatic hydroxyl groups is 1. The second-order valence-electron chi connectivity index (χ2n) is 1.58. The first-order valence-electron chi connectivity index (χ1n) is 1.88. The van der Waals surface area contributed by atoms with Crippen LogP contribution in [0.4, 0.5) is 0 Å². The molecule has 0 saturated heterocycles. The molecule has 0 atom stereocenters. The average molecular weight is 134 g/mol. The summed E-state index contributed by atoms with van der Waals surface area (Å²) in [5, 5.41) is 8.14. The Kier molecular flexibility index (Phi) is 22.6. The van der Waals surface area contributed by atoms with Gasteiger partial charge in [0.2, 0.25) is 0 Å². The third-order valence-electron chi connectivity index (χ3n) is 0.365. The Hall–Kier alpha value is 1.02. The maximum atomic E-state index is 8.14. The van der Waals surface area contributed by atoms with E-state index in [1.165, 1.54) is 0 Å². The zero-order chi connectivity index (χ0) is 4.28. The molecule has 0 spiro atoms. The Morgan fingerprint density at radius 3 is 1.57 bits per heavy atom. The van der Waals surface area contributed by atoms with Gasteiger partial charge in [-0.25, -0.2) is 0 Å². The number of rotatable bonds is 1. The first-order valence-corrected chi connectivity index (χ1v) is 1.88. The quantitative estimate of drug-likeness (QED) is 0.385. The van der Waals surface area contributed by atoms with Crippen LogP contribution in [-0.4, -0.2) is 34.8 Å². The van der Waals surface area contributed by atoms with Gasteiger partial charge in [0.05, 0.1) is 0 Å². The second-order valence-corrected chi connectivity index (χ2v) is 1.58. The van der Waals surface area contributed by atoms with E-state index in [2.05, 4.69) is 0 Å². The maximum absolute atomic E-state index is 8.14. The molecule has 0 bridgehead atoms. The maximum Gasteiger partial charge on any atom is 2.00 e. The van der Waals surface area contributed by atoms with E-state index in [0.29, 0.717) is 12.5 Å². The standard InChI is InChI=1S/C4H10O.ClH.Mg/c1-4(2)3-5;;/h4-5H,3H2,1-2H3;1H;/q;;+2/p-1. The molecule has 1 nitrogen and oxygen atoms in total. The summed E-state index contributed by atoms with van der Waals surface area (Å²) in [4.78, 5) is 0. The molecular weight excluding hydrogens is 124 g/mol.